The van der Waals surface area contributed by atoms with Crippen molar-refractivity contribution in [2.24, 2.45) is 23.7 Å². The predicted molar refractivity (Wildman–Crippen MR) is 53.0 cm³/mol. The molecule has 3 aliphatic carbocycles. The van der Waals surface area contributed by atoms with Crippen LogP contribution in [0.15, 0.2) is 0 Å². The highest BCUT2D eigenvalue weighted by atomic mass is 14.5. The molecule has 0 aromatic heterocycles. The molecule has 0 spiro atoms. The lowest BCUT2D eigenvalue weighted by Crippen LogP contribution is -2.03. The predicted octanol–water partition coefficient (Wildman–Crippen LogP) is 3.86. The van der Waals surface area contributed by atoms with Crippen molar-refractivity contribution >= 4 is 0 Å². The molecule has 0 amide bonds. The Balaban J connectivity index is 0.000000119. The van der Waals surface area contributed by atoms with E-state index in [1.807, 2.05) is 0 Å². The second-order valence-electron chi connectivity index (χ2n) is 5.36. The zero-order valence-corrected chi connectivity index (χ0v) is 8.55. The SMILES string of the molecule is CC1CC1.CC1CCC2CC2C1. The molecule has 0 radical (unpaired) electrons. The number of rotatable bonds is 0. The molecule has 3 fully saturated rings. The van der Waals surface area contributed by atoms with Crippen molar-refractivity contribution in [1.29, 1.82) is 0 Å². The Labute approximate surface area is 76.7 Å². The van der Waals surface area contributed by atoms with Gasteiger partial charge in [-0.05, 0) is 42.9 Å². The highest BCUT2D eigenvalue weighted by Gasteiger charge is 2.40. The van der Waals surface area contributed by atoms with Gasteiger partial charge in [-0.3, -0.25) is 0 Å². The van der Waals surface area contributed by atoms with E-state index in [1.165, 1.54) is 31.1 Å². The first-order valence-electron chi connectivity index (χ1n) is 5.75. The summed E-state index contributed by atoms with van der Waals surface area (Å²) >= 11 is 0. The van der Waals surface area contributed by atoms with Gasteiger partial charge < -0.3 is 0 Å². The van der Waals surface area contributed by atoms with Crippen LogP contribution in [0.3, 0.4) is 0 Å². The second kappa shape index (κ2) is 3.40. The topological polar surface area (TPSA) is 0 Å². The Morgan fingerprint density at radius 1 is 0.667 bits per heavy atom. The van der Waals surface area contributed by atoms with Crippen LogP contribution >= 0.6 is 0 Å². The third kappa shape index (κ3) is 2.50. The molecule has 0 saturated heterocycles. The molecule has 0 aliphatic heterocycles. The molecule has 0 aromatic carbocycles. The lowest BCUT2D eigenvalue weighted by atomic mass is 9.91. The number of hydrogen-bond donors (Lipinski definition) is 0. The van der Waals surface area contributed by atoms with Crippen molar-refractivity contribution in [2.75, 3.05) is 0 Å². The summed E-state index contributed by atoms with van der Waals surface area (Å²) in [5, 5.41) is 0. The maximum Gasteiger partial charge on any atom is -0.0380 e. The van der Waals surface area contributed by atoms with Crippen molar-refractivity contribution < 1.29 is 0 Å². The minimum atomic E-state index is 1.05. The Hall–Kier alpha value is 0. The minimum Gasteiger partial charge on any atom is -0.0625 e. The van der Waals surface area contributed by atoms with Gasteiger partial charge in [-0.15, -0.1) is 0 Å². The van der Waals surface area contributed by atoms with Gasteiger partial charge in [0.1, 0.15) is 0 Å². The van der Waals surface area contributed by atoms with E-state index in [0.717, 1.165) is 11.8 Å². The first-order chi connectivity index (χ1) is 5.75. The zero-order chi connectivity index (χ0) is 8.55. The molecule has 3 rings (SSSR count). The maximum atomic E-state index is 2.40. The fraction of sp³-hybridized carbons (Fsp3) is 1.00. The first kappa shape index (κ1) is 8.59. The summed E-state index contributed by atoms with van der Waals surface area (Å²) in [6.07, 6.45) is 9.15. The van der Waals surface area contributed by atoms with Gasteiger partial charge in [0.15, 0.2) is 0 Å². The van der Waals surface area contributed by atoms with Crippen molar-refractivity contribution in [3.8, 4) is 0 Å². The summed E-state index contributed by atoms with van der Waals surface area (Å²) in [4.78, 5) is 0. The average molecular weight is 166 g/mol. The van der Waals surface area contributed by atoms with E-state index in [2.05, 4.69) is 13.8 Å². The Morgan fingerprint density at radius 3 is 1.67 bits per heavy atom. The molecule has 70 valence electrons. The maximum absolute atomic E-state index is 2.40. The number of fused-ring (bicyclic) bond motifs is 1. The van der Waals surface area contributed by atoms with Crippen molar-refractivity contribution in [3.63, 3.8) is 0 Å². The van der Waals surface area contributed by atoms with Crippen LogP contribution in [0.1, 0.15) is 52.4 Å². The molecule has 0 nitrogen and oxygen atoms in total. The van der Waals surface area contributed by atoms with Crippen LogP contribution in [0.2, 0.25) is 0 Å². The smallest absolute Gasteiger partial charge is 0.0380 e. The summed E-state index contributed by atoms with van der Waals surface area (Å²) in [5.41, 5.74) is 0. The summed E-state index contributed by atoms with van der Waals surface area (Å²) in [7, 11) is 0. The Bertz CT molecular complexity index is 146. The van der Waals surface area contributed by atoms with Crippen molar-refractivity contribution in [1.82, 2.24) is 0 Å². The van der Waals surface area contributed by atoms with Crippen LogP contribution in [-0.2, 0) is 0 Å². The largest absolute Gasteiger partial charge is 0.0625 e. The zero-order valence-electron chi connectivity index (χ0n) is 8.55. The monoisotopic (exact) mass is 166 g/mol. The third-order valence-electron chi connectivity index (χ3n) is 3.67. The van der Waals surface area contributed by atoms with Gasteiger partial charge in [0, 0.05) is 0 Å². The molecule has 0 aromatic rings. The molecule has 0 N–H and O–H groups in total. The summed E-state index contributed by atoms with van der Waals surface area (Å²) < 4.78 is 0. The summed E-state index contributed by atoms with van der Waals surface area (Å²) in [5.74, 6) is 4.50. The lowest BCUT2D eigenvalue weighted by Gasteiger charge is -2.15. The van der Waals surface area contributed by atoms with E-state index in [9.17, 15) is 0 Å². The van der Waals surface area contributed by atoms with Crippen molar-refractivity contribution in [2.45, 2.75) is 52.4 Å². The fourth-order valence-corrected chi connectivity index (χ4v) is 2.25. The first-order valence-corrected chi connectivity index (χ1v) is 5.75. The second-order valence-corrected chi connectivity index (χ2v) is 5.36. The molecule has 3 atom stereocenters. The van der Waals surface area contributed by atoms with Crippen LogP contribution in [0, 0.1) is 23.7 Å². The molecular weight excluding hydrogens is 144 g/mol. The van der Waals surface area contributed by atoms with Crippen LogP contribution in [0.25, 0.3) is 0 Å². The van der Waals surface area contributed by atoms with E-state index in [1.54, 1.807) is 19.3 Å². The molecule has 3 aliphatic rings. The molecule has 3 unspecified atom stereocenters. The molecule has 0 heterocycles. The Kier molecular flexibility index (Phi) is 2.43. The van der Waals surface area contributed by atoms with Gasteiger partial charge in [0.25, 0.3) is 0 Å². The molecular formula is C12H22. The molecule has 3 saturated carbocycles. The van der Waals surface area contributed by atoms with Crippen LogP contribution in [-0.4, -0.2) is 0 Å². The third-order valence-corrected chi connectivity index (χ3v) is 3.67. The van der Waals surface area contributed by atoms with Crippen molar-refractivity contribution in [3.05, 3.63) is 0 Å². The van der Waals surface area contributed by atoms with E-state index < -0.39 is 0 Å². The molecule has 12 heavy (non-hydrogen) atoms. The molecule has 0 heteroatoms. The van der Waals surface area contributed by atoms with Crippen LogP contribution < -0.4 is 0 Å². The average Bonchev–Trinajstić information content (AvgIpc) is 2.86. The highest BCUT2D eigenvalue weighted by molar-refractivity contribution is 4.91. The van der Waals surface area contributed by atoms with E-state index in [0.29, 0.717) is 0 Å². The van der Waals surface area contributed by atoms with Gasteiger partial charge in [-0.1, -0.05) is 33.1 Å². The quantitative estimate of drug-likeness (QED) is 0.512. The Morgan fingerprint density at radius 2 is 1.25 bits per heavy atom. The van der Waals surface area contributed by atoms with Crippen LogP contribution in [0.4, 0.5) is 0 Å². The summed E-state index contributed by atoms with van der Waals surface area (Å²) in [6, 6.07) is 0. The van der Waals surface area contributed by atoms with Gasteiger partial charge in [-0.2, -0.15) is 0 Å². The van der Waals surface area contributed by atoms with E-state index in [-0.39, 0.29) is 0 Å². The highest BCUT2D eigenvalue weighted by Crippen LogP contribution is 2.51. The van der Waals surface area contributed by atoms with E-state index >= 15 is 0 Å². The van der Waals surface area contributed by atoms with Gasteiger partial charge in [-0.25, -0.2) is 0 Å². The normalized spacial score (nSPS) is 44.0. The van der Waals surface area contributed by atoms with Gasteiger partial charge in [0.05, 0.1) is 0 Å². The fourth-order valence-electron chi connectivity index (χ4n) is 2.25. The number of hydrogen-bond acceptors (Lipinski definition) is 0. The van der Waals surface area contributed by atoms with E-state index in [4.69, 9.17) is 0 Å². The summed E-state index contributed by atoms with van der Waals surface area (Å²) in [6.45, 7) is 4.68. The minimum absolute atomic E-state index is 1.05. The lowest BCUT2D eigenvalue weighted by molar-refractivity contribution is 0.368. The molecule has 0 bridgehead atoms. The standard InChI is InChI=1S/C8H14.C4H8/c1-6-2-3-7-5-8(7)4-6;1-4-2-3-4/h6-8H,2-5H2,1H3;4H,2-3H2,1H3. The van der Waals surface area contributed by atoms with Gasteiger partial charge >= 0.3 is 0 Å². The van der Waals surface area contributed by atoms with Crippen LogP contribution in [0.5, 0.6) is 0 Å². The van der Waals surface area contributed by atoms with Gasteiger partial charge in [0.2, 0.25) is 0 Å².